The Morgan fingerprint density at radius 1 is 0.552 bits per heavy atom. The Morgan fingerprint density at radius 3 is 1.90 bits per heavy atom. The summed E-state index contributed by atoms with van der Waals surface area (Å²) in [5, 5.41) is 9.36. The Labute approximate surface area is 172 Å². The van der Waals surface area contributed by atoms with E-state index in [9.17, 15) is 0 Å². The molecule has 5 aromatic rings. The molecule has 4 nitrogen and oxygen atoms in total. The Kier molecular flexibility index (Phi) is 3.67. The average molecular weight is 392 g/mol. The van der Waals surface area contributed by atoms with E-state index in [4.69, 9.17) is 5.10 Å². The van der Waals surface area contributed by atoms with Crippen LogP contribution in [0.15, 0.2) is 107 Å². The van der Waals surface area contributed by atoms with Crippen LogP contribution >= 0.6 is 11.8 Å². The van der Waals surface area contributed by atoms with Gasteiger partial charge in [0.25, 0.3) is 0 Å². The third-order valence-corrected chi connectivity index (χ3v) is 6.17. The summed E-state index contributed by atoms with van der Waals surface area (Å²) in [6.45, 7) is 0. The SMILES string of the molecule is c1ccc(-n2nc3ccc(N4c5ccccc5Sc5ccccc54)cc3n2)cc1. The van der Waals surface area contributed by atoms with E-state index in [0.717, 1.165) is 22.4 Å². The second-order valence-corrected chi connectivity index (χ2v) is 7.95. The van der Waals surface area contributed by atoms with Crippen LogP contribution in [0.1, 0.15) is 0 Å². The van der Waals surface area contributed by atoms with Crippen LogP contribution in [0.5, 0.6) is 0 Å². The highest BCUT2D eigenvalue weighted by atomic mass is 32.2. The highest BCUT2D eigenvalue weighted by Gasteiger charge is 2.24. The molecule has 0 saturated carbocycles. The van der Waals surface area contributed by atoms with Crippen LogP contribution in [0.25, 0.3) is 16.7 Å². The van der Waals surface area contributed by atoms with Gasteiger partial charge in [-0.05, 0) is 54.6 Å². The predicted octanol–water partition coefficient (Wildman–Crippen LogP) is 6.35. The molecule has 0 N–H and O–H groups in total. The molecule has 0 atom stereocenters. The van der Waals surface area contributed by atoms with Crippen LogP contribution in [0.4, 0.5) is 17.1 Å². The van der Waals surface area contributed by atoms with E-state index in [-0.39, 0.29) is 0 Å². The molecule has 0 amide bonds. The maximum atomic E-state index is 4.72. The van der Waals surface area contributed by atoms with E-state index < -0.39 is 0 Å². The first-order chi connectivity index (χ1) is 14.4. The van der Waals surface area contributed by atoms with Crippen molar-refractivity contribution in [1.29, 1.82) is 0 Å². The molecule has 0 aliphatic carbocycles. The quantitative estimate of drug-likeness (QED) is 0.344. The van der Waals surface area contributed by atoms with Gasteiger partial charge in [0.05, 0.1) is 17.1 Å². The second kappa shape index (κ2) is 6.50. The molecule has 5 heteroatoms. The summed E-state index contributed by atoms with van der Waals surface area (Å²) in [4.78, 5) is 6.50. The van der Waals surface area contributed by atoms with E-state index in [1.165, 1.54) is 21.2 Å². The number of nitrogens with zero attached hydrogens (tertiary/aromatic N) is 4. The minimum absolute atomic E-state index is 0.875. The van der Waals surface area contributed by atoms with Crippen LogP contribution in [0.2, 0.25) is 0 Å². The van der Waals surface area contributed by atoms with Gasteiger partial charge in [0.2, 0.25) is 0 Å². The van der Waals surface area contributed by atoms with Crippen molar-refractivity contribution < 1.29 is 0 Å². The lowest BCUT2D eigenvalue weighted by molar-refractivity contribution is 0.766. The summed E-state index contributed by atoms with van der Waals surface area (Å²) in [6.07, 6.45) is 0. The van der Waals surface area contributed by atoms with E-state index in [0.29, 0.717) is 0 Å². The summed E-state index contributed by atoms with van der Waals surface area (Å²) >= 11 is 1.81. The van der Waals surface area contributed by atoms with Crippen molar-refractivity contribution in [2.45, 2.75) is 9.79 Å². The molecule has 4 aromatic carbocycles. The number of fused-ring (bicyclic) bond motifs is 3. The van der Waals surface area contributed by atoms with Crippen molar-refractivity contribution in [1.82, 2.24) is 15.0 Å². The number of aromatic nitrogens is 3. The first-order valence-corrected chi connectivity index (χ1v) is 10.3. The van der Waals surface area contributed by atoms with Gasteiger partial charge < -0.3 is 4.90 Å². The zero-order valence-corrected chi connectivity index (χ0v) is 16.3. The third-order valence-electron chi connectivity index (χ3n) is 5.04. The molecule has 0 spiro atoms. The van der Waals surface area contributed by atoms with Crippen molar-refractivity contribution in [2.24, 2.45) is 0 Å². The molecule has 1 aliphatic rings. The minimum Gasteiger partial charge on any atom is -0.308 e. The lowest BCUT2D eigenvalue weighted by Crippen LogP contribution is -2.14. The summed E-state index contributed by atoms with van der Waals surface area (Å²) in [7, 11) is 0. The smallest absolute Gasteiger partial charge is 0.115 e. The van der Waals surface area contributed by atoms with Crippen molar-refractivity contribution in [3.63, 3.8) is 0 Å². The lowest BCUT2D eigenvalue weighted by atomic mass is 10.1. The van der Waals surface area contributed by atoms with Crippen molar-refractivity contribution >= 4 is 39.9 Å². The van der Waals surface area contributed by atoms with Crippen molar-refractivity contribution in [3.05, 3.63) is 97.1 Å². The molecule has 0 radical (unpaired) electrons. The molecule has 0 unspecified atom stereocenters. The van der Waals surface area contributed by atoms with Gasteiger partial charge in [-0.25, -0.2) is 0 Å². The number of rotatable bonds is 2. The number of hydrogen-bond acceptors (Lipinski definition) is 4. The number of anilines is 3. The Hall–Kier alpha value is -3.57. The molecular formula is C24H16N4S. The van der Waals surface area contributed by atoms with Gasteiger partial charge in [-0.15, -0.1) is 10.2 Å². The maximum Gasteiger partial charge on any atom is 0.115 e. The average Bonchev–Trinajstić information content (AvgIpc) is 3.21. The fourth-order valence-electron chi connectivity index (χ4n) is 3.70. The molecule has 0 saturated heterocycles. The molecule has 1 aromatic heterocycles. The Bertz CT molecular complexity index is 1300. The number of para-hydroxylation sites is 3. The topological polar surface area (TPSA) is 34.0 Å². The van der Waals surface area contributed by atoms with Gasteiger partial charge in [-0.1, -0.05) is 54.2 Å². The Morgan fingerprint density at radius 2 is 1.17 bits per heavy atom. The van der Waals surface area contributed by atoms with Crippen LogP contribution in [-0.2, 0) is 0 Å². The standard InChI is InChI=1S/C24H16N4S/c1-2-8-17(9-3-1)28-25-19-15-14-18(16-20(19)26-28)27-21-10-4-6-12-23(21)29-24-13-7-5-11-22(24)27/h1-16H. The fraction of sp³-hybridized carbons (Fsp3) is 0. The zero-order chi connectivity index (χ0) is 19.2. The van der Waals surface area contributed by atoms with Gasteiger partial charge in [0.15, 0.2) is 0 Å². The van der Waals surface area contributed by atoms with Gasteiger partial charge in [0, 0.05) is 15.5 Å². The summed E-state index contributed by atoms with van der Waals surface area (Å²) in [5.74, 6) is 0. The molecule has 1 aliphatic heterocycles. The minimum atomic E-state index is 0.875. The first-order valence-electron chi connectivity index (χ1n) is 9.45. The third kappa shape index (κ3) is 2.70. The van der Waals surface area contributed by atoms with Gasteiger partial charge in [-0.2, -0.15) is 4.80 Å². The first kappa shape index (κ1) is 16.4. The van der Waals surface area contributed by atoms with E-state index in [1.54, 1.807) is 4.80 Å². The second-order valence-electron chi connectivity index (χ2n) is 6.87. The van der Waals surface area contributed by atoms with Gasteiger partial charge in [0.1, 0.15) is 11.0 Å². The van der Waals surface area contributed by atoms with E-state index in [2.05, 4.69) is 70.7 Å². The Balaban J connectivity index is 1.52. The van der Waals surface area contributed by atoms with Crippen LogP contribution < -0.4 is 4.90 Å². The fourth-order valence-corrected chi connectivity index (χ4v) is 4.76. The predicted molar refractivity (Wildman–Crippen MR) is 118 cm³/mol. The molecule has 0 bridgehead atoms. The molecule has 0 fully saturated rings. The highest BCUT2D eigenvalue weighted by molar-refractivity contribution is 7.99. The molecule has 6 rings (SSSR count). The summed E-state index contributed by atoms with van der Waals surface area (Å²) in [6, 6.07) is 33.3. The summed E-state index contributed by atoms with van der Waals surface area (Å²) in [5.41, 5.74) is 6.16. The van der Waals surface area contributed by atoms with Crippen molar-refractivity contribution in [2.75, 3.05) is 4.90 Å². The molecule has 29 heavy (non-hydrogen) atoms. The largest absolute Gasteiger partial charge is 0.308 e. The molecule has 138 valence electrons. The molecular weight excluding hydrogens is 376 g/mol. The van der Waals surface area contributed by atoms with Crippen LogP contribution in [0.3, 0.4) is 0 Å². The number of hydrogen-bond donors (Lipinski definition) is 0. The normalized spacial score (nSPS) is 12.6. The van der Waals surface area contributed by atoms with E-state index in [1.807, 2.05) is 48.2 Å². The lowest BCUT2D eigenvalue weighted by Gasteiger charge is -2.32. The number of benzene rings is 4. The van der Waals surface area contributed by atoms with Crippen molar-refractivity contribution in [3.8, 4) is 5.69 Å². The van der Waals surface area contributed by atoms with Crippen LogP contribution in [-0.4, -0.2) is 15.0 Å². The monoisotopic (exact) mass is 392 g/mol. The van der Waals surface area contributed by atoms with E-state index >= 15 is 0 Å². The van der Waals surface area contributed by atoms with Gasteiger partial charge >= 0.3 is 0 Å². The maximum absolute atomic E-state index is 4.72. The zero-order valence-electron chi connectivity index (χ0n) is 15.4. The van der Waals surface area contributed by atoms with Gasteiger partial charge in [-0.3, -0.25) is 0 Å². The summed E-state index contributed by atoms with van der Waals surface area (Å²) < 4.78 is 0. The molecule has 2 heterocycles. The van der Waals surface area contributed by atoms with Crippen LogP contribution in [0, 0.1) is 0 Å². The highest BCUT2D eigenvalue weighted by Crippen LogP contribution is 2.51.